The summed E-state index contributed by atoms with van der Waals surface area (Å²) >= 11 is 0. The molecule has 6 heteroatoms. The van der Waals surface area contributed by atoms with E-state index in [1.807, 2.05) is 0 Å². The second-order valence-corrected chi connectivity index (χ2v) is 3.89. The number of nitrogens with zero attached hydrogens (tertiary/aromatic N) is 1. The fourth-order valence-electron chi connectivity index (χ4n) is 1.77. The van der Waals surface area contributed by atoms with Crippen molar-refractivity contribution in [1.29, 1.82) is 0 Å². The van der Waals surface area contributed by atoms with E-state index in [0.29, 0.717) is 24.4 Å². The van der Waals surface area contributed by atoms with Gasteiger partial charge in [-0.05, 0) is 0 Å². The van der Waals surface area contributed by atoms with E-state index < -0.39 is 0 Å². The number of carbonyl (C=O) groups is 1. The van der Waals surface area contributed by atoms with E-state index in [4.69, 9.17) is 14.3 Å². The van der Waals surface area contributed by atoms with Gasteiger partial charge in [0, 0.05) is 32.3 Å². The van der Waals surface area contributed by atoms with Gasteiger partial charge in [-0.2, -0.15) is 0 Å². The highest BCUT2D eigenvalue weighted by Crippen LogP contribution is 2.17. The molecule has 0 saturated heterocycles. The van der Waals surface area contributed by atoms with Crippen LogP contribution in [0, 0.1) is 0 Å². The first-order chi connectivity index (χ1) is 8.76. The van der Waals surface area contributed by atoms with E-state index in [1.165, 1.54) is 4.90 Å². The summed E-state index contributed by atoms with van der Waals surface area (Å²) in [7, 11) is 1.57. The van der Waals surface area contributed by atoms with Crippen molar-refractivity contribution in [2.24, 2.45) is 0 Å². The molecule has 2 aromatic rings. The number of hydrogen-bond donors (Lipinski definition) is 2. The molecule has 0 aromatic carbocycles. The van der Waals surface area contributed by atoms with Crippen LogP contribution < -0.4 is 0 Å². The molecule has 18 heavy (non-hydrogen) atoms. The number of ether oxygens (including phenoxy) is 1. The molecular formula is C12H16N2O4. The first kappa shape index (κ1) is 12.7. The first-order valence-corrected chi connectivity index (χ1v) is 5.71. The van der Waals surface area contributed by atoms with Gasteiger partial charge in [0.25, 0.3) is 5.91 Å². The monoisotopic (exact) mass is 252 g/mol. The van der Waals surface area contributed by atoms with Gasteiger partial charge in [-0.3, -0.25) is 4.79 Å². The van der Waals surface area contributed by atoms with Crippen molar-refractivity contribution in [2.75, 3.05) is 33.4 Å². The minimum absolute atomic E-state index is 0.0771. The number of nitrogens with one attached hydrogen (secondary N) is 1. The average Bonchev–Trinajstić information content (AvgIpc) is 2.94. The van der Waals surface area contributed by atoms with E-state index in [1.54, 1.807) is 25.5 Å². The first-order valence-electron chi connectivity index (χ1n) is 5.71. The minimum atomic E-state index is -0.174. The Bertz CT molecular complexity index is 488. The van der Waals surface area contributed by atoms with Gasteiger partial charge < -0.3 is 24.1 Å². The lowest BCUT2D eigenvalue weighted by molar-refractivity contribution is 0.0651. The third kappa shape index (κ3) is 2.55. The van der Waals surface area contributed by atoms with Gasteiger partial charge in [0.15, 0.2) is 5.58 Å². The Morgan fingerprint density at radius 2 is 2.39 bits per heavy atom. The standard InChI is InChI=1S/C12H16N2O4/c1-17-7-4-14(3-5-15)12(16)10-8-11-9(13-10)2-6-18-11/h2,6,8,13,15H,3-5,7H2,1H3. The molecule has 0 aliphatic carbocycles. The number of rotatable bonds is 6. The minimum Gasteiger partial charge on any atom is -0.463 e. The zero-order chi connectivity index (χ0) is 13.0. The molecule has 2 aromatic heterocycles. The third-order valence-electron chi connectivity index (χ3n) is 2.69. The topological polar surface area (TPSA) is 78.7 Å². The van der Waals surface area contributed by atoms with Gasteiger partial charge in [0.1, 0.15) is 5.69 Å². The van der Waals surface area contributed by atoms with Crippen molar-refractivity contribution in [2.45, 2.75) is 0 Å². The Labute approximate surface area is 104 Å². The van der Waals surface area contributed by atoms with Gasteiger partial charge in [0.05, 0.1) is 25.0 Å². The maximum Gasteiger partial charge on any atom is 0.270 e. The second kappa shape index (κ2) is 5.70. The molecule has 0 fully saturated rings. The van der Waals surface area contributed by atoms with Crippen LogP contribution >= 0.6 is 0 Å². The number of carbonyl (C=O) groups excluding carboxylic acids is 1. The normalized spacial score (nSPS) is 11.0. The lowest BCUT2D eigenvalue weighted by Gasteiger charge is -2.20. The van der Waals surface area contributed by atoms with Crippen LogP contribution in [-0.2, 0) is 4.74 Å². The Hall–Kier alpha value is -1.79. The van der Waals surface area contributed by atoms with E-state index >= 15 is 0 Å². The van der Waals surface area contributed by atoms with Crippen molar-refractivity contribution in [3.8, 4) is 0 Å². The summed E-state index contributed by atoms with van der Waals surface area (Å²) in [6.45, 7) is 1.08. The SMILES string of the molecule is COCCN(CCO)C(=O)c1cc2occc2[nH]1. The van der Waals surface area contributed by atoms with Crippen molar-refractivity contribution in [1.82, 2.24) is 9.88 Å². The van der Waals surface area contributed by atoms with E-state index in [0.717, 1.165) is 5.52 Å². The molecule has 0 bridgehead atoms. The quantitative estimate of drug-likeness (QED) is 0.798. The summed E-state index contributed by atoms with van der Waals surface area (Å²) in [5.74, 6) is -0.174. The van der Waals surface area contributed by atoms with Crippen LogP contribution in [0.25, 0.3) is 11.1 Å². The molecule has 0 unspecified atom stereocenters. The zero-order valence-electron chi connectivity index (χ0n) is 10.2. The van der Waals surface area contributed by atoms with Crippen LogP contribution in [0.5, 0.6) is 0 Å². The number of fused-ring (bicyclic) bond motifs is 1. The van der Waals surface area contributed by atoms with E-state index in [2.05, 4.69) is 4.98 Å². The van der Waals surface area contributed by atoms with Crippen LogP contribution in [0.1, 0.15) is 10.5 Å². The van der Waals surface area contributed by atoms with Gasteiger partial charge in [-0.15, -0.1) is 0 Å². The number of amides is 1. The predicted molar refractivity (Wildman–Crippen MR) is 65.4 cm³/mol. The Balaban J connectivity index is 2.13. The summed E-state index contributed by atoms with van der Waals surface area (Å²) in [6, 6.07) is 3.42. The van der Waals surface area contributed by atoms with Crippen LogP contribution in [0.4, 0.5) is 0 Å². The maximum atomic E-state index is 12.2. The molecule has 1 amide bonds. The molecule has 6 nitrogen and oxygen atoms in total. The maximum absolute atomic E-state index is 12.2. The van der Waals surface area contributed by atoms with Gasteiger partial charge in [-0.25, -0.2) is 0 Å². The fraction of sp³-hybridized carbons (Fsp3) is 0.417. The van der Waals surface area contributed by atoms with Crippen LogP contribution in [-0.4, -0.2) is 54.3 Å². The summed E-state index contributed by atoms with van der Waals surface area (Å²) in [4.78, 5) is 16.7. The molecule has 2 heterocycles. The van der Waals surface area contributed by atoms with Crippen LogP contribution in [0.2, 0.25) is 0 Å². The van der Waals surface area contributed by atoms with Crippen LogP contribution in [0.3, 0.4) is 0 Å². The third-order valence-corrected chi connectivity index (χ3v) is 2.69. The number of aliphatic hydroxyl groups is 1. The van der Waals surface area contributed by atoms with Crippen molar-refractivity contribution in [3.05, 3.63) is 24.1 Å². The largest absolute Gasteiger partial charge is 0.463 e. The Kier molecular flexibility index (Phi) is 4.01. The molecule has 0 aliphatic rings. The van der Waals surface area contributed by atoms with Crippen molar-refractivity contribution >= 4 is 17.0 Å². The number of aliphatic hydroxyl groups excluding tert-OH is 1. The van der Waals surface area contributed by atoms with E-state index in [9.17, 15) is 4.79 Å². The second-order valence-electron chi connectivity index (χ2n) is 3.89. The van der Waals surface area contributed by atoms with Crippen molar-refractivity contribution < 1.29 is 19.1 Å². The summed E-state index contributed by atoms with van der Waals surface area (Å²) in [6.07, 6.45) is 1.56. The zero-order valence-corrected chi connectivity index (χ0v) is 10.2. The summed E-state index contributed by atoms with van der Waals surface area (Å²) in [5.41, 5.74) is 1.89. The number of H-pyrrole nitrogens is 1. The predicted octanol–water partition coefficient (Wildman–Crippen LogP) is 0.842. The van der Waals surface area contributed by atoms with Gasteiger partial charge in [-0.1, -0.05) is 0 Å². The highest BCUT2D eigenvalue weighted by Gasteiger charge is 2.18. The Morgan fingerprint density at radius 1 is 1.56 bits per heavy atom. The molecule has 0 saturated carbocycles. The molecule has 2 rings (SSSR count). The molecule has 0 aliphatic heterocycles. The molecule has 2 N–H and O–H groups in total. The highest BCUT2D eigenvalue weighted by atomic mass is 16.5. The number of aromatic amines is 1. The number of methoxy groups -OCH3 is 1. The molecule has 0 atom stereocenters. The number of furan rings is 1. The molecule has 0 spiro atoms. The average molecular weight is 252 g/mol. The van der Waals surface area contributed by atoms with Gasteiger partial charge in [0.2, 0.25) is 0 Å². The summed E-state index contributed by atoms with van der Waals surface area (Å²) in [5, 5.41) is 8.97. The summed E-state index contributed by atoms with van der Waals surface area (Å²) < 4.78 is 10.1. The van der Waals surface area contributed by atoms with E-state index in [-0.39, 0.29) is 19.1 Å². The Morgan fingerprint density at radius 3 is 3.06 bits per heavy atom. The van der Waals surface area contributed by atoms with Crippen molar-refractivity contribution in [3.63, 3.8) is 0 Å². The van der Waals surface area contributed by atoms with Gasteiger partial charge >= 0.3 is 0 Å². The number of aromatic nitrogens is 1. The van der Waals surface area contributed by atoms with Crippen LogP contribution in [0.15, 0.2) is 22.8 Å². The molecule has 0 radical (unpaired) electrons. The lowest BCUT2D eigenvalue weighted by atomic mass is 10.3. The molecule has 98 valence electrons. The molecular weight excluding hydrogens is 236 g/mol. The lowest BCUT2D eigenvalue weighted by Crippen LogP contribution is -2.36. The fourth-order valence-corrected chi connectivity index (χ4v) is 1.77. The number of hydrogen-bond acceptors (Lipinski definition) is 4. The highest BCUT2D eigenvalue weighted by molar-refractivity contribution is 5.96. The smallest absolute Gasteiger partial charge is 0.270 e.